The Hall–Kier alpha value is -1.64. The number of aryl methyl sites for hydroxylation is 1. The van der Waals surface area contributed by atoms with Crippen molar-refractivity contribution in [1.29, 1.82) is 0 Å². The van der Waals surface area contributed by atoms with E-state index in [-0.39, 0.29) is 23.6 Å². The van der Waals surface area contributed by atoms with Gasteiger partial charge in [-0.25, -0.2) is 13.2 Å². The predicted octanol–water partition coefficient (Wildman–Crippen LogP) is -0.789. The fraction of sp³-hybridized carbons (Fsp3) is 0.727. The molecule has 0 aromatic carbocycles. The highest BCUT2D eigenvalue weighted by Crippen LogP contribution is 2.14. The number of hydrogen-bond acceptors (Lipinski definition) is 5. The monoisotopic (exact) mass is 299 g/mol. The quantitative estimate of drug-likeness (QED) is 0.761. The van der Waals surface area contributed by atoms with Gasteiger partial charge in [-0.1, -0.05) is 0 Å². The van der Waals surface area contributed by atoms with Gasteiger partial charge in [-0.15, -0.1) is 10.2 Å². The van der Waals surface area contributed by atoms with Crippen LogP contribution in [0.3, 0.4) is 0 Å². The molecule has 2 aliphatic rings. The van der Waals surface area contributed by atoms with Gasteiger partial charge >= 0.3 is 6.03 Å². The Morgan fingerprint density at radius 2 is 2.25 bits per heavy atom. The summed E-state index contributed by atoms with van der Waals surface area (Å²) in [5, 5.41) is 13.5. The molecule has 8 nitrogen and oxygen atoms in total. The van der Waals surface area contributed by atoms with Gasteiger partial charge in [0.25, 0.3) is 0 Å². The number of carbonyl (C=O) groups is 1. The Morgan fingerprint density at radius 3 is 3.00 bits per heavy atom. The zero-order valence-corrected chi connectivity index (χ0v) is 11.8. The minimum Gasteiger partial charge on any atom is -0.334 e. The third-order valence-corrected chi connectivity index (χ3v) is 5.43. The number of sulfone groups is 1. The van der Waals surface area contributed by atoms with Crippen molar-refractivity contribution < 1.29 is 13.2 Å². The molecule has 0 saturated carbocycles. The lowest BCUT2D eigenvalue weighted by Gasteiger charge is -2.11. The standard InChI is InChI=1S/C11H17N5O3S/c17-11(13-8-3-5-20(18,19)7-8)12-6-10-15-14-9-2-1-4-16(9)10/h8H,1-7H2,(H2,12,13,17)/t8-/m1/s1. The van der Waals surface area contributed by atoms with Gasteiger partial charge in [-0.2, -0.15) is 0 Å². The average molecular weight is 299 g/mol. The number of carbonyl (C=O) groups excluding carboxylic acids is 1. The van der Waals surface area contributed by atoms with Crippen molar-refractivity contribution in [3.8, 4) is 0 Å². The highest BCUT2D eigenvalue weighted by atomic mass is 32.2. The Morgan fingerprint density at radius 1 is 1.40 bits per heavy atom. The van der Waals surface area contributed by atoms with Gasteiger partial charge in [0.15, 0.2) is 15.7 Å². The molecule has 0 unspecified atom stereocenters. The first kappa shape index (κ1) is 13.3. The fourth-order valence-electron chi connectivity index (χ4n) is 2.65. The maximum absolute atomic E-state index is 11.7. The molecule has 0 bridgehead atoms. The molecule has 2 amide bonds. The third kappa shape index (κ3) is 2.77. The first-order chi connectivity index (χ1) is 9.53. The second-order valence-corrected chi connectivity index (χ2v) is 7.44. The Labute approximate surface area is 116 Å². The molecule has 1 aromatic rings. The summed E-state index contributed by atoms with van der Waals surface area (Å²) in [6, 6.07) is -0.647. The molecular formula is C11H17N5O3S. The molecule has 0 aliphatic carbocycles. The fourth-order valence-corrected chi connectivity index (χ4v) is 4.32. The van der Waals surface area contributed by atoms with Crippen LogP contribution >= 0.6 is 0 Å². The molecule has 110 valence electrons. The molecule has 9 heteroatoms. The van der Waals surface area contributed by atoms with Crippen molar-refractivity contribution in [1.82, 2.24) is 25.4 Å². The maximum atomic E-state index is 11.7. The largest absolute Gasteiger partial charge is 0.334 e. The Kier molecular flexibility index (Phi) is 3.36. The first-order valence-corrected chi connectivity index (χ1v) is 8.51. The molecule has 2 N–H and O–H groups in total. The van der Waals surface area contributed by atoms with Crippen molar-refractivity contribution in [2.75, 3.05) is 11.5 Å². The van der Waals surface area contributed by atoms with Crippen molar-refractivity contribution in [2.24, 2.45) is 0 Å². The number of hydrogen-bond donors (Lipinski definition) is 2. The van der Waals surface area contributed by atoms with E-state index in [0.29, 0.717) is 13.0 Å². The molecule has 20 heavy (non-hydrogen) atoms. The summed E-state index contributed by atoms with van der Waals surface area (Å²) in [5.41, 5.74) is 0. The molecule has 1 saturated heterocycles. The summed E-state index contributed by atoms with van der Waals surface area (Å²) in [4.78, 5) is 11.7. The topological polar surface area (TPSA) is 106 Å². The van der Waals surface area contributed by atoms with Crippen LogP contribution in [0.25, 0.3) is 0 Å². The van der Waals surface area contributed by atoms with Crippen LogP contribution in [-0.4, -0.2) is 46.8 Å². The van der Waals surface area contributed by atoms with E-state index in [1.807, 2.05) is 4.57 Å². The number of nitrogens with one attached hydrogen (secondary N) is 2. The van der Waals surface area contributed by atoms with E-state index in [1.54, 1.807) is 0 Å². The van der Waals surface area contributed by atoms with Crippen LogP contribution < -0.4 is 10.6 Å². The molecule has 2 aliphatic heterocycles. The molecule has 1 fully saturated rings. The van der Waals surface area contributed by atoms with E-state index >= 15 is 0 Å². The van der Waals surface area contributed by atoms with Crippen molar-refractivity contribution >= 4 is 15.9 Å². The first-order valence-electron chi connectivity index (χ1n) is 6.69. The summed E-state index contributed by atoms with van der Waals surface area (Å²) in [6.45, 7) is 1.19. The number of aromatic nitrogens is 3. The second kappa shape index (κ2) is 5.04. The van der Waals surface area contributed by atoms with E-state index in [2.05, 4.69) is 20.8 Å². The predicted molar refractivity (Wildman–Crippen MR) is 70.8 cm³/mol. The molecular weight excluding hydrogens is 282 g/mol. The third-order valence-electron chi connectivity index (χ3n) is 3.66. The molecule has 0 radical (unpaired) electrons. The minimum absolute atomic E-state index is 0.0285. The maximum Gasteiger partial charge on any atom is 0.315 e. The van der Waals surface area contributed by atoms with Gasteiger partial charge in [-0.3, -0.25) is 0 Å². The molecule has 1 aromatic heterocycles. The molecule has 1 atom stereocenters. The van der Waals surface area contributed by atoms with Crippen LogP contribution in [0.4, 0.5) is 4.79 Å². The lowest BCUT2D eigenvalue weighted by Crippen LogP contribution is -2.42. The van der Waals surface area contributed by atoms with Crippen LogP contribution in [-0.2, 0) is 29.3 Å². The zero-order chi connectivity index (χ0) is 14.2. The normalized spacial score (nSPS) is 23.5. The van der Waals surface area contributed by atoms with Crippen LogP contribution in [0.5, 0.6) is 0 Å². The average Bonchev–Trinajstić information content (AvgIpc) is 3.03. The number of rotatable bonds is 3. The van der Waals surface area contributed by atoms with Crippen LogP contribution in [0, 0.1) is 0 Å². The number of fused-ring (bicyclic) bond motifs is 1. The summed E-state index contributed by atoms with van der Waals surface area (Å²) in [5.74, 6) is 1.88. The Bertz CT molecular complexity index is 624. The molecule has 3 heterocycles. The van der Waals surface area contributed by atoms with Gasteiger partial charge in [0.05, 0.1) is 18.1 Å². The van der Waals surface area contributed by atoms with Gasteiger partial charge in [-0.05, 0) is 12.8 Å². The minimum atomic E-state index is -2.98. The van der Waals surface area contributed by atoms with E-state index in [4.69, 9.17) is 0 Å². The second-order valence-electron chi connectivity index (χ2n) is 5.21. The van der Waals surface area contributed by atoms with Crippen molar-refractivity contribution in [3.63, 3.8) is 0 Å². The van der Waals surface area contributed by atoms with Crippen LogP contribution in [0.2, 0.25) is 0 Å². The summed E-state index contributed by atoms with van der Waals surface area (Å²) in [7, 11) is -2.98. The molecule has 3 rings (SSSR count). The van der Waals surface area contributed by atoms with Crippen molar-refractivity contribution in [3.05, 3.63) is 11.6 Å². The SMILES string of the molecule is O=C(NCc1nnc2n1CCC2)N[C@@H]1CCS(=O)(=O)C1. The number of amides is 2. The van der Waals surface area contributed by atoms with E-state index < -0.39 is 9.84 Å². The van der Waals surface area contributed by atoms with Crippen molar-refractivity contribution in [2.45, 2.75) is 38.4 Å². The Balaban J connectivity index is 1.50. The highest BCUT2D eigenvalue weighted by Gasteiger charge is 2.29. The van der Waals surface area contributed by atoms with Crippen LogP contribution in [0.1, 0.15) is 24.5 Å². The summed E-state index contributed by atoms with van der Waals surface area (Å²) < 4.78 is 24.6. The van der Waals surface area contributed by atoms with Gasteiger partial charge in [0, 0.05) is 19.0 Å². The van der Waals surface area contributed by atoms with E-state index in [1.165, 1.54) is 0 Å². The number of urea groups is 1. The van der Waals surface area contributed by atoms with E-state index in [0.717, 1.165) is 31.0 Å². The van der Waals surface area contributed by atoms with Gasteiger partial charge in [0.1, 0.15) is 5.82 Å². The summed E-state index contributed by atoms with van der Waals surface area (Å²) >= 11 is 0. The summed E-state index contributed by atoms with van der Waals surface area (Å²) in [6.07, 6.45) is 2.47. The van der Waals surface area contributed by atoms with Crippen LogP contribution in [0.15, 0.2) is 0 Å². The lowest BCUT2D eigenvalue weighted by atomic mass is 10.3. The zero-order valence-electron chi connectivity index (χ0n) is 11.0. The van der Waals surface area contributed by atoms with E-state index in [9.17, 15) is 13.2 Å². The smallest absolute Gasteiger partial charge is 0.315 e. The molecule has 0 spiro atoms. The van der Waals surface area contributed by atoms with Gasteiger partial charge in [0.2, 0.25) is 0 Å². The highest BCUT2D eigenvalue weighted by molar-refractivity contribution is 7.91. The van der Waals surface area contributed by atoms with Gasteiger partial charge < -0.3 is 15.2 Å². The lowest BCUT2D eigenvalue weighted by molar-refractivity contribution is 0.237. The number of nitrogens with zero attached hydrogens (tertiary/aromatic N) is 3.